The maximum absolute atomic E-state index is 11.3. The summed E-state index contributed by atoms with van der Waals surface area (Å²) < 4.78 is 10.3. The molecule has 0 aliphatic heterocycles. The van der Waals surface area contributed by atoms with Gasteiger partial charge in [-0.3, -0.25) is 15.6 Å². The molecule has 0 spiro atoms. The standard InChI is InChI=1S/C10H13N3O3S/c1-15-7-4-2-3-5-8(7)16-6-9(14)12-13-10(11)17/h2-5H,6H2,1H3,(H,12,14)(H3,11,13,17). The molecular weight excluding hydrogens is 242 g/mol. The molecule has 17 heavy (non-hydrogen) atoms. The third-order valence-corrected chi connectivity index (χ3v) is 1.86. The second-order valence-corrected chi connectivity index (χ2v) is 3.42. The van der Waals surface area contributed by atoms with Crippen LogP contribution >= 0.6 is 12.2 Å². The van der Waals surface area contributed by atoms with Crippen LogP contribution in [0.2, 0.25) is 0 Å². The number of methoxy groups -OCH3 is 1. The van der Waals surface area contributed by atoms with Crippen molar-refractivity contribution in [1.82, 2.24) is 10.9 Å². The number of hydrogen-bond acceptors (Lipinski definition) is 4. The number of rotatable bonds is 4. The highest BCUT2D eigenvalue weighted by Crippen LogP contribution is 2.25. The zero-order valence-corrected chi connectivity index (χ0v) is 10.0. The lowest BCUT2D eigenvalue weighted by Gasteiger charge is -2.10. The number of nitrogens with two attached hydrogens (primary N) is 1. The quantitative estimate of drug-likeness (QED) is 0.516. The van der Waals surface area contributed by atoms with Crippen molar-refractivity contribution >= 4 is 23.2 Å². The fourth-order valence-corrected chi connectivity index (χ4v) is 1.10. The summed E-state index contributed by atoms with van der Waals surface area (Å²) in [6, 6.07) is 7.02. The van der Waals surface area contributed by atoms with Crippen molar-refractivity contribution in [2.24, 2.45) is 5.73 Å². The molecule has 0 fully saturated rings. The van der Waals surface area contributed by atoms with Gasteiger partial charge in [0, 0.05) is 0 Å². The van der Waals surface area contributed by atoms with Crippen LogP contribution in [0.15, 0.2) is 24.3 Å². The lowest BCUT2D eigenvalue weighted by atomic mass is 10.3. The van der Waals surface area contributed by atoms with E-state index in [2.05, 4.69) is 23.1 Å². The summed E-state index contributed by atoms with van der Waals surface area (Å²) in [7, 11) is 1.52. The normalized spacial score (nSPS) is 9.24. The zero-order chi connectivity index (χ0) is 12.7. The molecule has 0 atom stereocenters. The average molecular weight is 255 g/mol. The van der Waals surface area contributed by atoms with Crippen molar-refractivity contribution in [3.05, 3.63) is 24.3 Å². The molecule has 1 rings (SSSR count). The van der Waals surface area contributed by atoms with E-state index in [4.69, 9.17) is 15.2 Å². The van der Waals surface area contributed by atoms with Crippen molar-refractivity contribution in [1.29, 1.82) is 0 Å². The minimum atomic E-state index is -0.399. The Balaban J connectivity index is 2.44. The highest BCUT2D eigenvalue weighted by Gasteiger charge is 2.06. The van der Waals surface area contributed by atoms with Gasteiger partial charge in [0.2, 0.25) is 0 Å². The van der Waals surface area contributed by atoms with Crippen molar-refractivity contribution in [3.8, 4) is 11.5 Å². The molecule has 1 aromatic carbocycles. The summed E-state index contributed by atoms with van der Waals surface area (Å²) in [5.74, 6) is 0.645. The smallest absolute Gasteiger partial charge is 0.276 e. The molecule has 4 N–H and O–H groups in total. The fraction of sp³-hybridized carbons (Fsp3) is 0.200. The molecular formula is C10H13N3O3S. The highest BCUT2D eigenvalue weighted by atomic mass is 32.1. The van der Waals surface area contributed by atoms with Gasteiger partial charge in [0.1, 0.15) is 0 Å². The molecule has 6 nitrogen and oxygen atoms in total. The van der Waals surface area contributed by atoms with Gasteiger partial charge in [0.05, 0.1) is 7.11 Å². The maximum atomic E-state index is 11.3. The summed E-state index contributed by atoms with van der Waals surface area (Å²) in [6.45, 7) is -0.171. The van der Waals surface area contributed by atoms with Gasteiger partial charge < -0.3 is 15.2 Å². The Bertz CT molecular complexity index is 412. The SMILES string of the molecule is COc1ccccc1OCC(=O)NNC(N)=S. The molecule has 0 radical (unpaired) electrons. The maximum Gasteiger partial charge on any atom is 0.276 e. The second kappa shape index (κ2) is 6.54. The monoisotopic (exact) mass is 255 g/mol. The Morgan fingerprint density at radius 2 is 2.00 bits per heavy atom. The molecule has 0 saturated carbocycles. The van der Waals surface area contributed by atoms with E-state index in [0.717, 1.165) is 0 Å². The Hall–Kier alpha value is -2.02. The van der Waals surface area contributed by atoms with Crippen LogP contribution in [-0.4, -0.2) is 24.7 Å². The number of carbonyl (C=O) groups excluding carboxylic acids is 1. The third kappa shape index (κ3) is 4.56. The van der Waals surface area contributed by atoms with Gasteiger partial charge in [0.15, 0.2) is 23.2 Å². The minimum Gasteiger partial charge on any atom is -0.493 e. The lowest BCUT2D eigenvalue weighted by molar-refractivity contribution is -0.123. The van der Waals surface area contributed by atoms with Gasteiger partial charge in [0.25, 0.3) is 5.91 Å². The molecule has 0 aliphatic carbocycles. The average Bonchev–Trinajstić information content (AvgIpc) is 2.34. The highest BCUT2D eigenvalue weighted by molar-refractivity contribution is 7.80. The lowest BCUT2D eigenvalue weighted by Crippen LogP contribution is -2.46. The second-order valence-electron chi connectivity index (χ2n) is 2.98. The molecule has 1 amide bonds. The molecule has 0 aliphatic rings. The number of amides is 1. The molecule has 1 aromatic rings. The van der Waals surface area contributed by atoms with E-state index in [1.807, 2.05) is 0 Å². The Labute approximate surface area is 104 Å². The molecule has 7 heteroatoms. The minimum absolute atomic E-state index is 0.0179. The number of ether oxygens (including phenoxy) is 2. The van der Waals surface area contributed by atoms with Gasteiger partial charge in [-0.05, 0) is 24.4 Å². The number of thiocarbonyl (C=S) groups is 1. The number of hydrazine groups is 1. The Morgan fingerprint density at radius 3 is 2.59 bits per heavy atom. The number of carbonyl (C=O) groups is 1. The van der Waals surface area contributed by atoms with Gasteiger partial charge in [-0.25, -0.2) is 0 Å². The Morgan fingerprint density at radius 1 is 1.35 bits per heavy atom. The first-order valence-corrected chi connectivity index (χ1v) is 5.14. The largest absolute Gasteiger partial charge is 0.493 e. The van der Waals surface area contributed by atoms with Gasteiger partial charge in [-0.1, -0.05) is 12.1 Å². The molecule has 0 unspecified atom stereocenters. The van der Waals surface area contributed by atoms with Crippen LogP contribution in [-0.2, 0) is 4.79 Å². The van der Waals surface area contributed by atoms with Crippen molar-refractivity contribution in [2.75, 3.05) is 13.7 Å². The van der Waals surface area contributed by atoms with E-state index in [-0.39, 0.29) is 11.7 Å². The van der Waals surface area contributed by atoms with Crippen LogP contribution in [0.4, 0.5) is 0 Å². The third-order valence-electron chi connectivity index (χ3n) is 1.75. The van der Waals surface area contributed by atoms with Gasteiger partial charge in [-0.2, -0.15) is 0 Å². The van der Waals surface area contributed by atoms with Crippen LogP contribution in [0.1, 0.15) is 0 Å². The first-order chi connectivity index (χ1) is 8.13. The van der Waals surface area contributed by atoms with Crippen molar-refractivity contribution in [3.63, 3.8) is 0 Å². The fourth-order valence-electron chi connectivity index (χ4n) is 1.05. The first-order valence-electron chi connectivity index (χ1n) is 4.73. The van der Waals surface area contributed by atoms with Crippen LogP contribution in [0.25, 0.3) is 0 Å². The number of benzene rings is 1. The van der Waals surface area contributed by atoms with Gasteiger partial charge >= 0.3 is 0 Å². The van der Waals surface area contributed by atoms with Crippen LogP contribution in [0.3, 0.4) is 0 Å². The zero-order valence-electron chi connectivity index (χ0n) is 9.23. The summed E-state index contributed by atoms with van der Waals surface area (Å²) in [4.78, 5) is 11.3. The first kappa shape index (κ1) is 13.0. The molecule has 0 saturated heterocycles. The van der Waals surface area contributed by atoms with E-state index < -0.39 is 5.91 Å². The molecule has 0 aromatic heterocycles. The Kier molecular flexibility index (Phi) is 5.02. The number of para-hydroxylation sites is 2. The van der Waals surface area contributed by atoms with Crippen LogP contribution in [0, 0.1) is 0 Å². The summed E-state index contributed by atoms with van der Waals surface area (Å²) in [5, 5.41) is -0.0179. The van der Waals surface area contributed by atoms with Gasteiger partial charge in [-0.15, -0.1) is 0 Å². The molecule has 0 heterocycles. The van der Waals surface area contributed by atoms with Crippen molar-refractivity contribution in [2.45, 2.75) is 0 Å². The summed E-state index contributed by atoms with van der Waals surface area (Å²) in [6.07, 6.45) is 0. The van der Waals surface area contributed by atoms with E-state index >= 15 is 0 Å². The number of hydrogen-bond donors (Lipinski definition) is 3. The topological polar surface area (TPSA) is 85.6 Å². The summed E-state index contributed by atoms with van der Waals surface area (Å²) >= 11 is 4.52. The number of nitrogens with one attached hydrogen (secondary N) is 2. The van der Waals surface area contributed by atoms with E-state index in [9.17, 15) is 4.79 Å². The molecule has 92 valence electrons. The van der Waals surface area contributed by atoms with Crippen molar-refractivity contribution < 1.29 is 14.3 Å². The van der Waals surface area contributed by atoms with E-state index in [0.29, 0.717) is 11.5 Å². The summed E-state index contributed by atoms with van der Waals surface area (Å²) in [5.41, 5.74) is 9.72. The van der Waals surface area contributed by atoms with E-state index in [1.165, 1.54) is 7.11 Å². The van der Waals surface area contributed by atoms with Crippen LogP contribution in [0.5, 0.6) is 11.5 Å². The molecule has 0 bridgehead atoms. The van der Waals surface area contributed by atoms with E-state index in [1.54, 1.807) is 24.3 Å². The van der Waals surface area contributed by atoms with Crippen LogP contribution < -0.4 is 26.1 Å². The predicted molar refractivity (Wildman–Crippen MR) is 66.6 cm³/mol. The predicted octanol–water partition coefficient (Wildman–Crippen LogP) is -0.0616.